The van der Waals surface area contributed by atoms with E-state index in [0.717, 1.165) is 38.4 Å². The molecule has 1 aliphatic heterocycles. The van der Waals surface area contributed by atoms with Gasteiger partial charge in [-0.15, -0.1) is 24.0 Å². The van der Waals surface area contributed by atoms with Gasteiger partial charge >= 0.3 is 0 Å². The Labute approximate surface area is 183 Å². The number of benzene rings is 1. The third-order valence-corrected chi connectivity index (χ3v) is 4.96. The van der Waals surface area contributed by atoms with Crippen molar-refractivity contribution in [2.24, 2.45) is 4.99 Å². The van der Waals surface area contributed by atoms with Gasteiger partial charge in [-0.05, 0) is 44.8 Å². The number of aliphatic imine (C=N–C) groups is 1. The van der Waals surface area contributed by atoms with Crippen LogP contribution in [-0.4, -0.2) is 74.7 Å². The summed E-state index contributed by atoms with van der Waals surface area (Å²) in [4.78, 5) is 9.85. The average molecular weight is 487 g/mol. The molecule has 1 aromatic rings. The standard InChI is InChI=1S/C21H37N5.HI/c1-3-22-21(24-14-12-20-10-6-5-7-11-20)23-13-8-9-15-26-18-16-25(4-2)17-19-26;/h5-7,10-11H,3-4,8-9,12-19H2,1-2H3,(H2,22,23,24);1H. The molecular formula is C21H38IN5. The molecule has 1 fully saturated rings. The number of halogens is 1. The number of hydrogen-bond acceptors (Lipinski definition) is 3. The maximum atomic E-state index is 4.72. The highest BCUT2D eigenvalue weighted by molar-refractivity contribution is 14.0. The van der Waals surface area contributed by atoms with E-state index in [-0.39, 0.29) is 24.0 Å². The van der Waals surface area contributed by atoms with Crippen LogP contribution in [0.4, 0.5) is 0 Å². The highest BCUT2D eigenvalue weighted by Crippen LogP contribution is 2.03. The molecule has 0 amide bonds. The number of unbranched alkanes of at least 4 members (excludes halogenated alkanes) is 1. The number of nitrogens with zero attached hydrogens (tertiary/aromatic N) is 3. The summed E-state index contributed by atoms with van der Waals surface area (Å²) in [5, 5.41) is 6.79. The van der Waals surface area contributed by atoms with Gasteiger partial charge < -0.3 is 20.4 Å². The molecule has 0 spiro atoms. The molecule has 2 rings (SSSR count). The van der Waals surface area contributed by atoms with Crippen molar-refractivity contribution >= 4 is 29.9 Å². The monoisotopic (exact) mass is 487 g/mol. The minimum atomic E-state index is 0. The highest BCUT2D eigenvalue weighted by Gasteiger charge is 2.14. The molecule has 0 aromatic heterocycles. The Bertz CT molecular complexity index is 501. The zero-order chi connectivity index (χ0) is 18.5. The molecule has 1 saturated heterocycles. The van der Waals surface area contributed by atoms with Crippen LogP contribution >= 0.6 is 24.0 Å². The fourth-order valence-electron chi connectivity index (χ4n) is 3.28. The molecule has 5 nitrogen and oxygen atoms in total. The Morgan fingerprint density at radius 3 is 2.33 bits per heavy atom. The fourth-order valence-corrected chi connectivity index (χ4v) is 3.28. The van der Waals surface area contributed by atoms with Gasteiger partial charge in [0.1, 0.15) is 0 Å². The first-order valence-corrected chi connectivity index (χ1v) is 10.3. The molecule has 6 heteroatoms. The van der Waals surface area contributed by atoms with Crippen molar-refractivity contribution in [1.29, 1.82) is 0 Å². The molecule has 0 bridgehead atoms. The summed E-state index contributed by atoms with van der Waals surface area (Å²) in [5.41, 5.74) is 1.36. The predicted octanol–water partition coefficient (Wildman–Crippen LogP) is 2.82. The summed E-state index contributed by atoms with van der Waals surface area (Å²) in [7, 11) is 0. The van der Waals surface area contributed by atoms with Crippen molar-refractivity contribution in [3.05, 3.63) is 35.9 Å². The number of likely N-dealkylation sites (N-methyl/N-ethyl adjacent to an activating group) is 1. The smallest absolute Gasteiger partial charge is 0.191 e. The molecular weight excluding hydrogens is 449 g/mol. The maximum absolute atomic E-state index is 4.72. The van der Waals surface area contributed by atoms with Crippen LogP contribution in [0.2, 0.25) is 0 Å². The third-order valence-electron chi connectivity index (χ3n) is 4.96. The number of rotatable bonds is 10. The Kier molecular flexibility index (Phi) is 13.5. The van der Waals surface area contributed by atoms with Gasteiger partial charge in [0.05, 0.1) is 0 Å². The average Bonchev–Trinajstić information content (AvgIpc) is 2.69. The van der Waals surface area contributed by atoms with E-state index in [1.54, 1.807) is 0 Å². The number of piperazine rings is 1. The topological polar surface area (TPSA) is 42.9 Å². The lowest BCUT2D eigenvalue weighted by Gasteiger charge is -2.33. The second kappa shape index (κ2) is 15.1. The highest BCUT2D eigenvalue weighted by atomic mass is 127. The van der Waals surface area contributed by atoms with Gasteiger partial charge in [-0.25, -0.2) is 0 Å². The summed E-state index contributed by atoms with van der Waals surface area (Å²) in [6.45, 7) is 14.4. The van der Waals surface area contributed by atoms with Crippen LogP contribution in [0, 0.1) is 0 Å². The normalized spacial score (nSPS) is 16.0. The summed E-state index contributed by atoms with van der Waals surface area (Å²) in [5.74, 6) is 0.944. The molecule has 154 valence electrons. The zero-order valence-corrected chi connectivity index (χ0v) is 19.5. The molecule has 27 heavy (non-hydrogen) atoms. The lowest BCUT2D eigenvalue weighted by atomic mass is 10.1. The van der Waals surface area contributed by atoms with Gasteiger partial charge in [0, 0.05) is 45.8 Å². The lowest BCUT2D eigenvalue weighted by molar-refractivity contribution is 0.136. The van der Waals surface area contributed by atoms with Crippen molar-refractivity contribution in [2.45, 2.75) is 33.1 Å². The van der Waals surface area contributed by atoms with E-state index in [0.29, 0.717) is 0 Å². The largest absolute Gasteiger partial charge is 0.357 e. The predicted molar refractivity (Wildman–Crippen MR) is 127 cm³/mol. The summed E-state index contributed by atoms with van der Waals surface area (Å²) >= 11 is 0. The van der Waals surface area contributed by atoms with Gasteiger partial charge in [-0.1, -0.05) is 37.3 Å². The lowest BCUT2D eigenvalue weighted by Crippen LogP contribution is -2.46. The van der Waals surface area contributed by atoms with Crippen LogP contribution in [-0.2, 0) is 6.42 Å². The molecule has 0 atom stereocenters. The first kappa shape index (κ1) is 24.2. The quantitative estimate of drug-likeness (QED) is 0.231. The van der Waals surface area contributed by atoms with E-state index in [2.05, 4.69) is 64.6 Å². The van der Waals surface area contributed by atoms with Gasteiger partial charge in [-0.2, -0.15) is 0 Å². The van der Waals surface area contributed by atoms with E-state index < -0.39 is 0 Å². The molecule has 0 radical (unpaired) electrons. The van der Waals surface area contributed by atoms with Gasteiger partial charge in [0.15, 0.2) is 5.96 Å². The van der Waals surface area contributed by atoms with E-state index in [1.165, 1.54) is 51.3 Å². The van der Waals surface area contributed by atoms with E-state index in [1.807, 2.05) is 0 Å². The first-order chi connectivity index (χ1) is 12.8. The van der Waals surface area contributed by atoms with Crippen LogP contribution in [0.25, 0.3) is 0 Å². The third kappa shape index (κ3) is 10.3. The minimum Gasteiger partial charge on any atom is -0.357 e. The Hall–Kier alpha value is -0.860. The molecule has 2 N–H and O–H groups in total. The maximum Gasteiger partial charge on any atom is 0.191 e. The van der Waals surface area contributed by atoms with Gasteiger partial charge in [0.25, 0.3) is 0 Å². The van der Waals surface area contributed by atoms with Crippen molar-refractivity contribution in [1.82, 2.24) is 20.4 Å². The summed E-state index contributed by atoms with van der Waals surface area (Å²) in [6, 6.07) is 10.6. The molecule has 0 aliphatic carbocycles. The summed E-state index contributed by atoms with van der Waals surface area (Å²) < 4.78 is 0. The van der Waals surface area contributed by atoms with Crippen LogP contribution in [0.15, 0.2) is 35.3 Å². The second-order valence-corrected chi connectivity index (χ2v) is 6.91. The first-order valence-electron chi connectivity index (χ1n) is 10.3. The van der Waals surface area contributed by atoms with Crippen molar-refractivity contribution in [3.63, 3.8) is 0 Å². The fraction of sp³-hybridized carbons (Fsp3) is 0.667. The molecule has 1 heterocycles. The van der Waals surface area contributed by atoms with Gasteiger partial charge in [0.2, 0.25) is 0 Å². The van der Waals surface area contributed by atoms with Crippen molar-refractivity contribution in [2.75, 3.05) is 58.9 Å². The SMILES string of the molecule is CCNC(=NCCCCN1CCN(CC)CC1)NCCc1ccccc1.I. The van der Waals surface area contributed by atoms with Crippen molar-refractivity contribution in [3.8, 4) is 0 Å². The van der Waals surface area contributed by atoms with E-state index in [4.69, 9.17) is 4.99 Å². The Morgan fingerprint density at radius 2 is 1.67 bits per heavy atom. The van der Waals surface area contributed by atoms with Crippen molar-refractivity contribution < 1.29 is 0 Å². The summed E-state index contributed by atoms with van der Waals surface area (Å²) in [6.07, 6.45) is 3.41. The molecule has 1 aromatic carbocycles. The van der Waals surface area contributed by atoms with Crippen LogP contribution in [0.3, 0.4) is 0 Å². The van der Waals surface area contributed by atoms with Gasteiger partial charge in [-0.3, -0.25) is 4.99 Å². The van der Waals surface area contributed by atoms with Crippen LogP contribution in [0.1, 0.15) is 32.3 Å². The van der Waals surface area contributed by atoms with E-state index >= 15 is 0 Å². The Balaban J connectivity index is 0.00000364. The Morgan fingerprint density at radius 1 is 0.963 bits per heavy atom. The number of guanidine groups is 1. The van der Waals surface area contributed by atoms with E-state index in [9.17, 15) is 0 Å². The molecule has 1 aliphatic rings. The second-order valence-electron chi connectivity index (χ2n) is 6.91. The van der Waals surface area contributed by atoms with Crippen LogP contribution in [0.5, 0.6) is 0 Å². The minimum absolute atomic E-state index is 0. The number of hydrogen-bond donors (Lipinski definition) is 2. The number of nitrogens with one attached hydrogen (secondary N) is 2. The molecule has 0 saturated carbocycles. The van der Waals surface area contributed by atoms with Crippen LogP contribution < -0.4 is 10.6 Å². The molecule has 0 unspecified atom stereocenters. The zero-order valence-electron chi connectivity index (χ0n) is 17.1.